The fourth-order valence-electron chi connectivity index (χ4n) is 1.62. The Hall–Kier alpha value is -1.88. The van der Waals surface area contributed by atoms with Gasteiger partial charge in [-0.15, -0.1) is 11.3 Å². The molecule has 3 nitrogen and oxygen atoms in total. The van der Waals surface area contributed by atoms with Gasteiger partial charge in [-0.3, -0.25) is 0 Å². The number of hydrogen-bond acceptors (Lipinski definition) is 3. The van der Waals surface area contributed by atoms with Crippen LogP contribution < -0.4 is 4.74 Å². The maximum Gasteiger partial charge on any atom is 0.349 e. The number of hydrogen-bond donors (Lipinski definition) is 1. The number of benzene rings is 1. The van der Waals surface area contributed by atoms with Crippen LogP contribution in [0.3, 0.4) is 0 Å². The lowest BCUT2D eigenvalue weighted by molar-refractivity contribution is 0.0697. The molecule has 1 aromatic heterocycles. The lowest BCUT2D eigenvalue weighted by atomic mass is 10.2. The molecule has 1 aromatic carbocycles. The molecule has 0 atom stereocenters. The van der Waals surface area contributed by atoms with Crippen molar-refractivity contribution in [3.05, 3.63) is 51.5 Å². The Morgan fingerprint density at radius 1 is 1.42 bits per heavy atom. The summed E-state index contributed by atoms with van der Waals surface area (Å²) in [5.74, 6) is -1.07. The van der Waals surface area contributed by atoms with E-state index in [0.29, 0.717) is 11.3 Å². The summed E-state index contributed by atoms with van der Waals surface area (Å²) in [6.45, 7) is 1.96. The van der Waals surface area contributed by atoms with Gasteiger partial charge >= 0.3 is 5.97 Å². The number of rotatable bonds is 5. The minimum absolute atomic E-state index is 0.0207. The van der Waals surface area contributed by atoms with Crippen molar-refractivity contribution in [2.24, 2.45) is 0 Å². The molecule has 0 fully saturated rings. The number of aryl methyl sites for hydroxylation is 1. The fourth-order valence-corrected chi connectivity index (χ4v) is 2.50. The van der Waals surface area contributed by atoms with E-state index < -0.39 is 5.97 Å². The lowest BCUT2D eigenvalue weighted by Crippen LogP contribution is -2.01. The molecular weight excluding hydrogens is 267 g/mol. The van der Waals surface area contributed by atoms with Crippen LogP contribution in [0.4, 0.5) is 4.39 Å². The smallest absolute Gasteiger partial charge is 0.349 e. The van der Waals surface area contributed by atoms with Gasteiger partial charge in [0.1, 0.15) is 18.2 Å². The van der Waals surface area contributed by atoms with Gasteiger partial charge < -0.3 is 9.84 Å². The number of carboxylic acid groups (broad SMARTS) is 1. The predicted molar refractivity (Wildman–Crippen MR) is 71.4 cm³/mol. The molecule has 1 N–H and O–H groups in total. The van der Waals surface area contributed by atoms with Crippen molar-refractivity contribution in [1.82, 2.24) is 0 Å². The predicted octanol–water partition coefficient (Wildman–Crippen LogP) is 3.73. The average Bonchev–Trinajstić information content (AvgIpc) is 2.81. The van der Waals surface area contributed by atoms with Gasteiger partial charge in [-0.25, -0.2) is 9.18 Å². The number of aromatic carboxylic acids is 1. The van der Waals surface area contributed by atoms with Gasteiger partial charge in [0, 0.05) is 10.4 Å². The zero-order valence-corrected chi connectivity index (χ0v) is 11.2. The topological polar surface area (TPSA) is 46.5 Å². The van der Waals surface area contributed by atoms with Crippen LogP contribution in [0.1, 0.15) is 27.0 Å². The van der Waals surface area contributed by atoms with Crippen molar-refractivity contribution in [3.63, 3.8) is 0 Å². The molecule has 0 spiro atoms. The van der Waals surface area contributed by atoms with Gasteiger partial charge in [-0.05, 0) is 18.6 Å². The SMILES string of the molecule is CCc1cc(OCc2ccccc2F)c(C(=O)O)s1. The van der Waals surface area contributed by atoms with Crippen LogP contribution in [-0.2, 0) is 13.0 Å². The standard InChI is InChI=1S/C14H13FO3S/c1-2-10-7-12(13(19-10)14(16)17)18-8-9-5-3-4-6-11(9)15/h3-7H,2,8H2,1H3,(H,16,17). The van der Waals surface area contributed by atoms with Crippen LogP contribution in [0.2, 0.25) is 0 Å². The van der Waals surface area contributed by atoms with E-state index in [0.717, 1.165) is 11.3 Å². The molecule has 0 bridgehead atoms. The van der Waals surface area contributed by atoms with Crippen LogP contribution in [0.15, 0.2) is 30.3 Å². The highest BCUT2D eigenvalue weighted by Gasteiger charge is 2.16. The monoisotopic (exact) mass is 280 g/mol. The lowest BCUT2D eigenvalue weighted by Gasteiger charge is -2.06. The number of ether oxygens (including phenoxy) is 1. The molecule has 5 heteroatoms. The molecule has 0 aliphatic carbocycles. The first-order chi connectivity index (χ1) is 9.11. The summed E-state index contributed by atoms with van der Waals surface area (Å²) in [6, 6.07) is 7.98. The molecule has 2 rings (SSSR count). The van der Waals surface area contributed by atoms with E-state index in [1.807, 2.05) is 6.92 Å². The Bertz CT molecular complexity index is 592. The molecule has 0 amide bonds. The third-order valence-corrected chi connectivity index (χ3v) is 3.88. The zero-order chi connectivity index (χ0) is 13.8. The van der Waals surface area contributed by atoms with Crippen molar-refractivity contribution in [1.29, 1.82) is 0 Å². The van der Waals surface area contributed by atoms with E-state index in [-0.39, 0.29) is 17.3 Å². The second kappa shape index (κ2) is 5.84. The Morgan fingerprint density at radius 2 is 2.16 bits per heavy atom. The second-order valence-corrected chi connectivity index (χ2v) is 5.08. The fraction of sp³-hybridized carbons (Fsp3) is 0.214. The first-order valence-corrected chi connectivity index (χ1v) is 6.65. The molecule has 0 aliphatic rings. The Kier molecular flexibility index (Phi) is 4.16. The van der Waals surface area contributed by atoms with Crippen molar-refractivity contribution in [3.8, 4) is 5.75 Å². The van der Waals surface area contributed by atoms with E-state index in [1.165, 1.54) is 17.4 Å². The summed E-state index contributed by atoms with van der Waals surface area (Å²) in [4.78, 5) is 12.2. The largest absolute Gasteiger partial charge is 0.487 e. The number of carbonyl (C=O) groups is 1. The van der Waals surface area contributed by atoms with Gasteiger partial charge in [-0.2, -0.15) is 0 Å². The van der Waals surface area contributed by atoms with E-state index in [4.69, 9.17) is 9.84 Å². The van der Waals surface area contributed by atoms with Crippen molar-refractivity contribution in [2.45, 2.75) is 20.0 Å². The van der Waals surface area contributed by atoms with Crippen LogP contribution in [0, 0.1) is 5.82 Å². The van der Waals surface area contributed by atoms with E-state index in [2.05, 4.69) is 0 Å². The quantitative estimate of drug-likeness (QED) is 0.907. The van der Waals surface area contributed by atoms with Gasteiger partial charge in [0.05, 0.1) is 0 Å². The third kappa shape index (κ3) is 3.12. The maximum atomic E-state index is 13.4. The summed E-state index contributed by atoms with van der Waals surface area (Å²) in [7, 11) is 0. The first kappa shape index (κ1) is 13.5. The zero-order valence-electron chi connectivity index (χ0n) is 10.4. The number of carboxylic acids is 1. The molecule has 100 valence electrons. The molecule has 2 aromatic rings. The minimum atomic E-state index is -1.02. The third-order valence-electron chi connectivity index (χ3n) is 2.63. The normalized spacial score (nSPS) is 10.4. The van der Waals surface area contributed by atoms with Gasteiger partial charge in [0.25, 0.3) is 0 Å². The van der Waals surface area contributed by atoms with Crippen LogP contribution in [-0.4, -0.2) is 11.1 Å². The molecule has 0 saturated heterocycles. The van der Waals surface area contributed by atoms with Gasteiger partial charge in [-0.1, -0.05) is 25.1 Å². The van der Waals surface area contributed by atoms with Crippen molar-refractivity contribution in [2.75, 3.05) is 0 Å². The van der Waals surface area contributed by atoms with Crippen molar-refractivity contribution >= 4 is 17.3 Å². The molecule has 0 radical (unpaired) electrons. The van der Waals surface area contributed by atoms with E-state index >= 15 is 0 Å². The Morgan fingerprint density at radius 3 is 2.79 bits per heavy atom. The summed E-state index contributed by atoms with van der Waals surface area (Å²) in [6.07, 6.45) is 0.744. The number of halogens is 1. The molecule has 0 unspecified atom stereocenters. The Balaban J connectivity index is 2.17. The highest BCUT2D eigenvalue weighted by Crippen LogP contribution is 2.30. The second-order valence-electron chi connectivity index (χ2n) is 3.94. The van der Waals surface area contributed by atoms with E-state index in [1.54, 1.807) is 24.3 Å². The van der Waals surface area contributed by atoms with Crippen LogP contribution >= 0.6 is 11.3 Å². The summed E-state index contributed by atoms with van der Waals surface area (Å²) >= 11 is 1.19. The van der Waals surface area contributed by atoms with Gasteiger partial charge in [0.2, 0.25) is 0 Å². The van der Waals surface area contributed by atoms with Crippen LogP contribution in [0.25, 0.3) is 0 Å². The van der Waals surface area contributed by atoms with Gasteiger partial charge in [0.15, 0.2) is 4.88 Å². The highest BCUT2D eigenvalue weighted by molar-refractivity contribution is 7.14. The summed E-state index contributed by atoms with van der Waals surface area (Å²) in [5.41, 5.74) is 0.406. The summed E-state index contributed by atoms with van der Waals surface area (Å²) in [5, 5.41) is 9.08. The van der Waals surface area contributed by atoms with Crippen molar-refractivity contribution < 1.29 is 19.0 Å². The highest BCUT2D eigenvalue weighted by atomic mass is 32.1. The van der Waals surface area contributed by atoms with Crippen LogP contribution in [0.5, 0.6) is 5.75 Å². The Labute approximate surface area is 114 Å². The summed E-state index contributed by atoms with van der Waals surface area (Å²) < 4.78 is 18.9. The molecule has 19 heavy (non-hydrogen) atoms. The molecule has 0 saturated carbocycles. The molecule has 0 aliphatic heterocycles. The number of thiophene rings is 1. The molecular formula is C14H13FO3S. The minimum Gasteiger partial charge on any atom is -0.487 e. The first-order valence-electron chi connectivity index (χ1n) is 5.84. The average molecular weight is 280 g/mol. The maximum absolute atomic E-state index is 13.4. The molecule has 1 heterocycles. The van der Waals surface area contributed by atoms with E-state index in [9.17, 15) is 9.18 Å².